The zero-order chi connectivity index (χ0) is 13.4. The summed E-state index contributed by atoms with van der Waals surface area (Å²) in [6, 6.07) is 7.56. The Kier molecular flexibility index (Phi) is 6.48. The zero-order valence-corrected chi connectivity index (χ0v) is 11.7. The van der Waals surface area contributed by atoms with Gasteiger partial charge in [-0.1, -0.05) is 44.4 Å². The fourth-order valence-electron chi connectivity index (χ4n) is 1.97. The number of carbonyl (C=O) groups excluding carboxylic acids is 1. The molecule has 1 rings (SSSR count). The molecule has 0 aliphatic carbocycles. The summed E-state index contributed by atoms with van der Waals surface area (Å²) in [6.45, 7) is 6.10. The monoisotopic (exact) mass is 248 g/mol. The lowest BCUT2D eigenvalue weighted by Crippen LogP contribution is -2.15. The highest BCUT2D eigenvalue weighted by atomic mass is 16.5. The maximum Gasteiger partial charge on any atom is 0.338 e. The summed E-state index contributed by atoms with van der Waals surface area (Å²) in [5, 5.41) is 0. The summed E-state index contributed by atoms with van der Waals surface area (Å²) in [7, 11) is 0. The van der Waals surface area contributed by atoms with Gasteiger partial charge in [-0.3, -0.25) is 0 Å². The summed E-state index contributed by atoms with van der Waals surface area (Å²) in [6.07, 6.45) is 5.82. The second kappa shape index (κ2) is 7.91. The van der Waals surface area contributed by atoms with Crippen LogP contribution in [0, 0.1) is 6.92 Å². The molecule has 0 saturated carbocycles. The molecule has 0 aromatic heterocycles. The van der Waals surface area contributed by atoms with Crippen molar-refractivity contribution in [3.8, 4) is 0 Å². The van der Waals surface area contributed by atoms with Crippen molar-refractivity contribution in [2.75, 3.05) is 0 Å². The summed E-state index contributed by atoms with van der Waals surface area (Å²) >= 11 is 0. The number of hydrogen-bond acceptors (Lipinski definition) is 2. The van der Waals surface area contributed by atoms with Crippen molar-refractivity contribution in [3.63, 3.8) is 0 Å². The SMILES string of the molecule is CCCCCC[C@@H](C)OC(=O)c1ccccc1C. The molecular formula is C16H24O2. The Bertz CT molecular complexity index is 371. The molecule has 1 aromatic carbocycles. The van der Waals surface area contributed by atoms with Crippen LogP contribution in [0.4, 0.5) is 0 Å². The molecule has 100 valence electrons. The molecule has 0 aliphatic heterocycles. The van der Waals surface area contributed by atoms with Gasteiger partial charge in [0.2, 0.25) is 0 Å². The van der Waals surface area contributed by atoms with Crippen LogP contribution in [0.2, 0.25) is 0 Å². The molecule has 0 radical (unpaired) electrons. The molecule has 1 aromatic rings. The van der Waals surface area contributed by atoms with E-state index in [9.17, 15) is 4.79 Å². The predicted molar refractivity (Wildman–Crippen MR) is 74.8 cm³/mol. The van der Waals surface area contributed by atoms with E-state index in [1.54, 1.807) is 0 Å². The highest BCUT2D eigenvalue weighted by molar-refractivity contribution is 5.91. The molecule has 1 atom stereocenters. The van der Waals surface area contributed by atoms with Gasteiger partial charge in [-0.25, -0.2) is 4.79 Å². The number of aryl methyl sites for hydroxylation is 1. The second-order valence-corrected chi connectivity index (χ2v) is 4.88. The van der Waals surface area contributed by atoms with Gasteiger partial charge in [0.25, 0.3) is 0 Å². The molecule has 0 spiro atoms. The molecule has 0 fully saturated rings. The van der Waals surface area contributed by atoms with Gasteiger partial charge in [-0.05, 0) is 38.3 Å². The van der Waals surface area contributed by atoms with Crippen LogP contribution in [0.1, 0.15) is 61.9 Å². The van der Waals surface area contributed by atoms with E-state index in [0.29, 0.717) is 5.56 Å². The molecule has 2 nitrogen and oxygen atoms in total. The smallest absolute Gasteiger partial charge is 0.338 e. The highest BCUT2D eigenvalue weighted by Crippen LogP contribution is 2.13. The van der Waals surface area contributed by atoms with Crippen LogP contribution in [0.3, 0.4) is 0 Å². The fraction of sp³-hybridized carbons (Fsp3) is 0.562. The Hall–Kier alpha value is -1.31. The summed E-state index contributed by atoms with van der Waals surface area (Å²) in [5.41, 5.74) is 1.65. The first kappa shape index (κ1) is 14.7. The van der Waals surface area contributed by atoms with Crippen molar-refractivity contribution in [1.29, 1.82) is 0 Å². The van der Waals surface area contributed by atoms with Crippen LogP contribution in [0.25, 0.3) is 0 Å². The van der Waals surface area contributed by atoms with E-state index < -0.39 is 0 Å². The van der Waals surface area contributed by atoms with E-state index in [1.165, 1.54) is 19.3 Å². The Morgan fingerprint density at radius 3 is 2.61 bits per heavy atom. The molecule has 0 bridgehead atoms. The van der Waals surface area contributed by atoms with Crippen LogP contribution in [0.5, 0.6) is 0 Å². The van der Waals surface area contributed by atoms with Crippen molar-refractivity contribution in [3.05, 3.63) is 35.4 Å². The van der Waals surface area contributed by atoms with E-state index in [1.807, 2.05) is 38.1 Å². The Labute approximate surface area is 110 Å². The molecule has 2 heteroatoms. The normalized spacial score (nSPS) is 12.2. The molecule has 0 unspecified atom stereocenters. The quantitative estimate of drug-likeness (QED) is 0.524. The zero-order valence-electron chi connectivity index (χ0n) is 11.7. The van der Waals surface area contributed by atoms with Gasteiger partial charge < -0.3 is 4.74 Å². The summed E-state index contributed by atoms with van der Waals surface area (Å²) in [5.74, 6) is -0.198. The van der Waals surface area contributed by atoms with Crippen molar-refractivity contribution in [2.45, 2.75) is 59.0 Å². The molecular weight excluding hydrogens is 224 g/mol. The Morgan fingerprint density at radius 1 is 1.22 bits per heavy atom. The predicted octanol–water partition coefficient (Wildman–Crippen LogP) is 4.51. The maximum absolute atomic E-state index is 11.9. The van der Waals surface area contributed by atoms with Crippen molar-refractivity contribution < 1.29 is 9.53 Å². The number of ether oxygens (including phenoxy) is 1. The minimum Gasteiger partial charge on any atom is -0.459 e. The minimum absolute atomic E-state index is 0.00830. The summed E-state index contributed by atoms with van der Waals surface area (Å²) < 4.78 is 5.46. The van der Waals surface area contributed by atoms with Crippen LogP contribution in [-0.4, -0.2) is 12.1 Å². The average molecular weight is 248 g/mol. The first-order valence-corrected chi connectivity index (χ1v) is 6.91. The maximum atomic E-state index is 11.9. The van der Waals surface area contributed by atoms with Crippen LogP contribution < -0.4 is 0 Å². The van der Waals surface area contributed by atoms with E-state index in [-0.39, 0.29) is 12.1 Å². The molecule has 0 heterocycles. The number of unbranched alkanes of at least 4 members (excludes halogenated alkanes) is 3. The van der Waals surface area contributed by atoms with E-state index in [2.05, 4.69) is 6.92 Å². The van der Waals surface area contributed by atoms with E-state index >= 15 is 0 Å². The van der Waals surface area contributed by atoms with Crippen molar-refractivity contribution in [2.24, 2.45) is 0 Å². The van der Waals surface area contributed by atoms with Crippen LogP contribution >= 0.6 is 0 Å². The fourth-order valence-corrected chi connectivity index (χ4v) is 1.97. The largest absolute Gasteiger partial charge is 0.459 e. The lowest BCUT2D eigenvalue weighted by Gasteiger charge is -2.14. The Morgan fingerprint density at radius 2 is 1.94 bits per heavy atom. The van der Waals surface area contributed by atoms with Crippen molar-refractivity contribution in [1.82, 2.24) is 0 Å². The highest BCUT2D eigenvalue weighted by Gasteiger charge is 2.13. The molecule has 0 aliphatic rings. The van der Waals surface area contributed by atoms with Crippen molar-refractivity contribution >= 4 is 5.97 Å². The van der Waals surface area contributed by atoms with Gasteiger partial charge in [0.05, 0.1) is 11.7 Å². The molecule has 0 amide bonds. The van der Waals surface area contributed by atoms with Gasteiger partial charge >= 0.3 is 5.97 Å². The first-order chi connectivity index (χ1) is 8.65. The lowest BCUT2D eigenvalue weighted by molar-refractivity contribution is 0.0318. The average Bonchev–Trinajstić information content (AvgIpc) is 2.35. The number of carbonyl (C=O) groups is 1. The lowest BCUT2D eigenvalue weighted by atomic mass is 10.1. The number of rotatable bonds is 7. The number of hydrogen-bond donors (Lipinski definition) is 0. The number of esters is 1. The second-order valence-electron chi connectivity index (χ2n) is 4.88. The van der Waals surface area contributed by atoms with Gasteiger partial charge in [-0.2, -0.15) is 0 Å². The summed E-state index contributed by atoms with van der Waals surface area (Å²) in [4.78, 5) is 11.9. The number of benzene rings is 1. The van der Waals surface area contributed by atoms with Crippen LogP contribution in [0.15, 0.2) is 24.3 Å². The molecule has 0 saturated heterocycles. The van der Waals surface area contributed by atoms with Gasteiger partial charge in [0.1, 0.15) is 0 Å². The molecule has 18 heavy (non-hydrogen) atoms. The third-order valence-electron chi connectivity index (χ3n) is 3.14. The van der Waals surface area contributed by atoms with Gasteiger partial charge in [-0.15, -0.1) is 0 Å². The van der Waals surface area contributed by atoms with E-state index in [0.717, 1.165) is 18.4 Å². The van der Waals surface area contributed by atoms with E-state index in [4.69, 9.17) is 4.74 Å². The molecule has 0 N–H and O–H groups in total. The van der Waals surface area contributed by atoms with Crippen LogP contribution in [-0.2, 0) is 4.74 Å². The first-order valence-electron chi connectivity index (χ1n) is 6.91. The Balaban J connectivity index is 2.38. The third-order valence-corrected chi connectivity index (χ3v) is 3.14. The van der Waals surface area contributed by atoms with Gasteiger partial charge in [0, 0.05) is 0 Å². The standard InChI is InChI=1S/C16H24O2/c1-4-5-6-7-11-14(3)18-16(17)15-12-9-8-10-13(15)2/h8-10,12,14H,4-7,11H2,1-3H3/t14-/m1/s1. The minimum atomic E-state index is -0.198. The topological polar surface area (TPSA) is 26.3 Å². The third kappa shape index (κ3) is 4.91. The van der Waals surface area contributed by atoms with Gasteiger partial charge in [0.15, 0.2) is 0 Å².